The Labute approximate surface area is 147 Å². The number of amides is 1. The second kappa shape index (κ2) is 7.78. The Bertz CT molecular complexity index is 712. The topological polar surface area (TPSA) is 50.2 Å². The van der Waals surface area contributed by atoms with Crippen LogP contribution in [0.2, 0.25) is 0 Å². The largest absolute Gasteiger partial charge is 0.352 e. The molecule has 1 aliphatic heterocycles. The van der Waals surface area contributed by atoms with Crippen molar-refractivity contribution in [1.82, 2.24) is 19.8 Å². The van der Waals surface area contributed by atoms with E-state index in [-0.39, 0.29) is 23.8 Å². The number of hydrogen-bond acceptors (Lipinski definition) is 3. The molecule has 1 aromatic heterocycles. The molecule has 2 aromatic rings. The van der Waals surface area contributed by atoms with Gasteiger partial charge in [0.15, 0.2) is 0 Å². The van der Waals surface area contributed by atoms with Crippen LogP contribution in [0.5, 0.6) is 0 Å². The third kappa shape index (κ3) is 4.45. The number of benzene rings is 1. The maximum absolute atomic E-state index is 13.2. The van der Waals surface area contributed by atoms with Crippen LogP contribution in [0.4, 0.5) is 4.39 Å². The smallest absolute Gasteiger partial charge is 0.217 e. The summed E-state index contributed by atoms with van der Waals surface area (Å²) in [6.45, 7) is 3.33. The van der Waals surface area contributed by atoms with Gasteiger partial charge in [-0.15, -0.1) is 0 Å². The number of piperidine rings is 1. The van der Waals surface area contributed by atoms with Crippen molar-refractivity contribution in [2.45, 2.75) is 44.8 Å². The monoisotopic (exact) mass is 344 g/mol. The minimum Gasteiger partial charge on any atom is -0.352 e. The Morgan fingerprint density at radius 2 is 2.12 bits per heavy atom. The maximum Gasteiger partial charge on any atom is 0.217 e. The maximum atomic E-state index is 13.2. The van der Waals surface area contributed by atoms with Gasteiger partial charge < -0.3 is 9.88 Å². The van der Waals surface area contributed by atoms with E-state index < -0.39 is 0 Å². The highest BCUT2D eigenvalue weighted by atomic mass is 19.1. The first-order valence-electron chi connectivity index (χ1n) is 8.73. The number of aryl methyl sites for hydroxylation is 1. The van der Waals surface area contributed by atoms with E-state index in [0.29, 0.717) is 0 Å². The molecule has 0 aliphatic carbocycles. The molecule has 1 amide bonds. The molecule has 3 rings (SSSR count). The highest BCUT2D eigenvalue weighted by Gasteiger charge is 2.32. The number of nitrogens with one attached hydrogen (secondary N) is 1. The number of imidazole rings is 1. The Balaban J connectivity index is 1.81. The van der Waals surface area contributed by atoms with Crippen LogP contribution in [-0.2, 0) is 24.8 Å². The zero-order valence-corrected chi connectivity index (χ0v) is 14.8. The molecule has 1 N–H and O–H groups in total. The lowest BCUT2D eigenvalue weighted by atomic mass is 9.90. The highest BCUT2D eigenvalue weighted by Crippen LogP contribution is 2.23. The predicted molar refractivity (Wildman–Crippen MR) is 94.3 cm³/mol. The number of carbonyl (C=O) groups is 1. The number of carbonyl (C=O) groups excluding carboxylic acids is 1. The van der Waals surface area contributed by atoms with Crippen molar-refractivity contribution < 1.29 is 9.18 Å². The molecule has 1 fully saturated rings. The molecule has 1 aliphatic rings. The summed E-state index contributed by atoms with van der Waals surface area (Å²) in [4.78, 5) is 18.2. The van der Waals surface area contributed by atoms with E-state index in [2.05, 4.69) is 15.2 Å². The Morgan fingerprint density at radius 1 is 1.36 bits per heavy atom. The van der Waals surface area contributed by atoms with Gasteiger partial charge in [-0.2, -0.15) is 0 Å². The van der Waals surface area contributed by atoms with Crippen molar-refractivity contribution in [3.05, 3.63) is 53.9 Å². The molecular formula is C19H25FN4O. The standard InChI is InChI=1S/C19H25FN4O/c1-14(25)22-18-4-3-9-24(12-17-11-21-13-23(17)2)19(18)10-15-5-7-16(20)8-6-15/h5-8,11,13,18-19H,3-4,9-10,12H2,1-2H3,(H,22,25)/t18-,19-/m0/s1. The SMILES string of the molecule is CC(=O)N[C@H]1CCCN(Cc2cncn2C)[C@H]1Cc1ccc(F)cc1. The van der Waals surface area contributed by atoms with E-state index >= 15 is 0 Å². The molecule has 25 heavy (non-hydrogen) atoms. The lowest BCUT2D eigenvalue weighted by Gasteiger charge is -2.41. The summed E-state index contributed by atoms with van der Waals surface area (Å²) in [5.41, 5.74) is 2.23. The van der Waals surface area contributed by atoms with Crippen LogP contribution in [0.1, 0.15) is 31.0 Å². The normalized spacial score (nSPS) is 21.2. The van der Waals surface area contributed by atoms with Gasteiger partial charge in [0.1, 0.15) is 5.82 Å². The summed E-state index contributed by atoms with van der Waals surface area (Å²) in [6, 6.07) is 6.93. The van der Waals surface area contributed by atoms with Gasteiger partial charge in [0.05, 0.1) is 12.0 Å². The summed E-state index contributed by atoms with van der Waals surface area (Å²) < 4.78 is 15.2. The molecule has 2 atom stereocenters. The first kappa shape index (κ1) is 17.6. The molecule has 5 nitrogen and oxygen atoms in total. The fraction of sp³-hybridized carbons (Fsp3) is 0.474. The van der Waals surface area contributed by atoms with Gasteiger partial charge in [-0.3, -0.25) is 9.69 Å². The molecule has 134 valence electrons. The molecule has 6 heteroatoms. The first-order valence-corrected chi connectivity index (χ1v) is 8.73. The van der Waals surface area contributed by atoms with Crippen molar-refractivity contribution in [2.75, 3.05) is 6.54 Å². The molecular weight excluding hydrogens is 319 g/mol. The van der Waals surface area contributed by atoms with Crippen LogP contribution < -0.4 is 5.32 Å². The second-order valence-electron chi connectivity index (χ2n) is 6.81. The molecule has 1 aromatic carbocycles. The van der Waals surface area contributed by atoms with E-state index in [1.807, 2.05) is 29.9 Å². The molecule has 0 unspecified atom stereocenters. The van der Waals surface area contributed by atoms with Gasteiger partial charge in [0.2, 0.25) is 5.91 Å². The van der Waals surface area contributed by atoms with Crippen molar-refractivity contribution in [1.29, 1.82) is 0 Å². The Hall–Kier alpha value is -2.21. The van der Waals surface area contributed by atoms with E-state index in [0.717, 1.165) is 43.6 Å². The summed E-state index contributed by atoms with van der Waals surface area (Å²) in [5.74, 6) is -0.228. The highest BCUT2D eigenvalue weighted by molar-refractivity contribution is 5.73. The fourth-order valence-electron chi connectivity index (χ4n) is 3.63. The third-order valence-electron chi connectivity index (χ3n) is 4.92. The van der Waals surface area contributed by atoms with Crippen molar-refractivity contribution in [3.8, 4) is 0 Å². The van der Waals surface area contributed by atoms with Crippen LogP contribution in [0.3, 0.4) is 0 Å². The lowest BCUT2D eigenvalue weighted by Crippen LogP contribution is -2.55. The minimum atomic E-state index is -0.224. The van der Waals surface area contributed by atoms with Crippen LogP contribution in [0.25, 0.3) is 0 Å². The van der Waals surface area contributed by atoms with Crippen molar-refractivity contribution in [3.63, 3.8) is 0 Å². The summed E-state index contributed by atoms with van der Waals surface area (Å²) in [7, 11) is 1.99. The quantitative estimate of drug-likeness (QED) is 0.905. The first-order chi connectivity index (χ1) is 12.0. The van der Waals surface area contributed by atoms with Crippen LogP contribution in [-0.4, -0.2) is 39.0 Å². The number of nitrogens with zero attached hydrogens (tertiary/aromatic N) is 3. The van der Waals surface area contributed by atoms with Crippen LogP contribution >= 0.6 is 0 Å². The number of likely N-dealkylation sites (tertiary alicyclic amines) is 1. The van der Waals surface area contributed by atoms with Gasteiger partial charge >= 0.3 is 0 Å². The summed E-state index contributed by atoms with van der Waals surface area (Å²) in [5, 5.41) is 3.11. The van der Waals surface area contributed by atoms with Gasteiger partial charge in [-0.25, -0.2) is 9.37 Å². The molecule has 0 bridgehead atoms. The van der Waals surface area contributed by atoms with Gasteiger partial charge in [-0.1, -0.05) is 12.1 Å². The number of hydrogen-bond donors (Lipinski definition) is 1. The number of halogens is 1. The Morgan fingerprint density at radius 3 is 2.76 bits per heavy atom. The van der Waals surface area contributed by atoms with Crippen LogP contribution in [0, 0.1) is 5.82 Å². The molecule has 0 spiro atoms. The third-order valence-corrected chi connectivity index (χ3v) is 4.92. The molecule has 2 heterocycles. The minimum absolute atomic E-state index is 0.00325. The van der Waals surface area contributed by atoms with E-state index in [9.17, 15) is 9.18 Å². The van der Waals surface area contributed by atoms with E-state index in [1.54, 1.807) is 13.3 Å². The lowest BCUT2D eigenvalue weighted by molar-refractivity contribution is -0.120. The molecule has 1 saturated heterocycles. The van der Waals surface area contributed by atoms with E-state index in [4.69, 9.17) is 0 Å². The van der Waals surface area contributed by atoms with Gasteiger partial charge in [0, 0.05) is 38.8 Å². The predicted octanol–water partition coefficient (Wildman–Crippen LogP) is 2.27. The molecule has 0 radical (unpaired) electrons. The molecule has 0 saturated carbocycles. The zero-order valence-electron chi connectivity index (χ0n) is 14.8. The van der Waals surface area contributed by atoms with Crippen molar-refractivity contribution in [2.24, 2.45) is 7.05 Å². The Kier molecular flexibility index (Phi) is 5.48. The van der Waals surface area contributed by atoms with Gasteiger partial charge in [-0.05, 0) is 43.5 Å². The van der Waals surface area contributed by atoms with Crippen LogP contribution in [0.15, 0.2) is 36.8 Å². The van der Waals surface area contributed by atoms with Gasteiger partial charge in [0.25, 0.3) is 0 Å². The van der Waals surface area contributed by atoms with E-state index in [1.165, 1.54) is 12.1 Å². The van der Waals surface area contributed by atoms with Crippen molar-refractivity contribution >= 4 is 5.91 Å². The average Bonchev–Trinajstić information content (AvgIpc) is 2.97. The fourth-order valence-corrected chi connectivity index (χ4v) is 3.63. The number of aromatic nitrogens is 2. The number of rotatable bonds is 5. The summed E-state index contributed by atoms with van der Waals surface area (Å²) >= 11 is 0. The summed E-state index contributed by atoms with van der Waals surface area (Å²) in [6.07, 6.45) is 6.48. The average molecular weight is 344 g/mol. The second-order valence-corrected chi connectivity index (χ2v) is 6.81. The zero-order chi connectivity index (χ0) is 17.8.